The van der Waals surface area contributed by atoms with Crippen LogP contribution < -0.4 is 5.32 Å². The highest BCUT2D eigenvalue weighted by Gasteiger charge is 2.18. The Morgan fingerprint density at radius 3 is 2.83 bits per heavy atom. The zero-order chi connectivity index (χ0) is 13.7. The fourth-order valence-electron chi connectivity index (χ4n) is 1.37. The van der Waals surface area contributed by atoms with Gasteiger partial charge in [-0.25, -0.2) is 4.39 Å². The quantitative estimate of drug-likeness (QED) is 0.612. The third-order valence-corrected chi connectivity index (χ3v) is 2.34. The third-order valence-electron chi connectivity index (χ3n) is 2.34. The highest BCUT2D eigenvalue weighted by Crippen LogP contribution is 2.16. The summed E-state index contributed by atoms with van der Waals surface area (Å²) in [7, 11) is 0. The summed E-state index contributed by atoms with van der Waals surface area (Å²) in [6.07, 6.45) is 0.322. The predicted molar refractivity (Wildman–Crippen MR) is 61.7 cm³/mol. The SMILES string of the molecule is CC(CCO)NC(=O)c1cc([N+](=O)[O-])ccc1F. The Morgan fingerprint density at radius 2 is 2.28 bits per heavy atom. The number of hydrogen-bond donors (Lipinski definition) is 2. The van der Waals surface area contributed by atoms with Gasteiger partial charge in [-0.1, -0.05) is 0 Å². The molecule has 18 heavy (non-hydrogen) atoms. The van der Waals surface area contributed by atoms with Crippen molar-refractivity contribution in [3.05, 3.63) is 39.7 Å². The highest BCUT2D eigenvalue weighted by molar-refractivity contribution is 5.95. The highest BCUT2D eigenvalue weighted by atomic mass is 19.1. The first kappa shape index (κ1) is 14.0. The molecule has 1 aromatic rings. The Bertz CT molecular complexity index is 464. The number of nitrogens with zero attached hydrogens (tertiary/aromatic N) is 1. The number of nitro groups is 1. The van der Waals surface area contributed by atoms with E-state index in [2.05, 4.69) is 5.32 Å². The molecule has 0 aliphatic heterocycles. The van der Waals surface area contributed by atoms with E-state index in [1.54, 1.807) is 6.92 Å². The van der Waals surface area contributed by atoms with Gasteiger partial charge in [0.2, 0.25) is 0 Å². The minimum atomic E-state index is -0.825. The fraction of sp³-hybridized carbons (Fsp3) is 0.364. The van der Waals surface area contributed by atoms with E-state index in [1.165, 1.54) is 0 Å². The van der Waals surface area contributed by atoms with Gasteiger partial charge in [-0.05, 0) is 19.4 Å². The molecule has 2 N–H and O–H groups in total. The predicted octanol–water partition coefficient (Wildman–Crippen LogP) is 1.23. The second-order valence-corrected chi connectivity index (χ2v) is 3.81. The summed E-state index contributed by atoms with van der Waals surface area (Å²) in [5.74, 6) is -1.56. The van der Waals surface area contributed by atoms with Crippen LogP contribution in [0.15, 0.2) is 18.2 Å². The molecule has 0 saturated heterocycles. The number of aliphatic hydroxyl groups excluding tert-OH is 1. The Morgan fingerprint density at radius 1 is 1.61 bits per heavy atom. The average Bonchev–Trinajstić information content (AvgIpc) is 2.29. The lowest BCUT2D eigenvalue weighted by molar-refractivity contribution is -0.384. The number of carbonyl (C=O) groups excluding carboxylic acids is 1. The molecule has 0 aliphatic rings. The van der Waals surface area contributed by atoms with Crippen molar-refractivity contribution in [1.82, 2.24) is 5.32 Å². The molecule has 6 nitrogen and oxygen atoms in total. The molecule has 1 unspecified atom stereocenters. The fourth-order valence-corrected chi connectivity index (χ4v) is 1.37. The van der Waals surface area contributed by atoms with E-state index in [0.717, 1.165) is 18.2 Å². The number of hydrogen-bond acceptors (Lipinski definition) is 4. The molecular weight excluding hydrogens is 243 g/mol. The number of nitro benzene ring substituents is 1. The maximum Gasteiger partial charge on any atom is 0.270 e. The van der Waals surface area contributed by atoms with Gasteiger partial charge in [-0.2, -0.15) is 0 Å². The summed E-state index contributed by atoms with van der Waals surface area (Å²) >= 11 is 0. The Labute approximate surface area is 103 Å². The monoisotopic (exact) mass is 256 g/mol. The molecule has 1 atom stereocenters. The molecule has 1 aromatic carbocycles. The number of amides is 1. The standard InChI is InChI=1S/C11H13FN2O4/c1-7(4-5-15)13-11(16)9-6-8(14(17)18)2-3-10(9)12/h2-3,6-7,15H,4-5H2,1H3,(H,13,16). The van der Waals surface area contributed by atoms with Crippen LogP contribution >= 0.6 is 0 Å². The van der Waals surface area contributed by atoms with Gasteiger partial charge in [0.15, 0.2) is 0 Å². The van der Waals surface area contributed by atoms with E-state index in [1.807, 2.05) is 0 Å². The van der Waals surface area contributed by atoms with Gasteiger partial charge < -0.3 is 10.4 Å². The molecule has 0 aromatic heterocycles. The Kier molecular flexibility index (Phi) is 4.73. The second kappa shape index (κ2) is 6.06. The number of rotatable bonds is 5. The maximum absolute atomic E-state index is 13.4. The second-order valence-electron chi connectivity index (χ2n) is 3.81. The van der Waals surface area contributed by atoms with E-state index < -0.39 is 16.6 Å². The molecule has 1 rings (SSSR count). The van der Waals surface area contributed by atoms with Crippen LogP contribution in [0.1, 0.15) is 23.7 Å². The van der Waals surface area contributed by atoms with Crippen LogP contribution in [0, 0.1) is 15.9 Å². The van der Waals surface area contributed by atoms with Crippen LogP contribution in [-0.2, 0) is 0 Å². The number of non-ortho nitro benzene ring substituents is 1. The Hall–Kier alpha value is -2.02. The van der Waals surface area contributed by atoms with Crippen molar-refractivity contribution in [1.29, 1.82) is 0 Å². The van der Waals surface area contributed by atoms with Crippen molar-refractivity contribution in [2.24, 2.45) is 0 Å². The van der Waals surface area contributed by atoms with Crippen LogP contribution in [0.4, 0.5) is 10.1 Å². The zero-order valence-electron chi connectivity index (χ0n) is 9.72. The molecule has 0 radical (unpaired) electrons. The summed E-state index contributed by atoms with van der Waals surface area (Å²) in [5, 5.41) is 21.6. The molecule has 98 valence electrons. The molecule has 0 aliphatic carbocycles. The van der Waals surface area contributed by atoms with Crippen molar-refractivity contribution >= 4 is 11.6 Å². The van der Waals surface area contributed by atoms with Gasteiger partial charge in [-0.3, -0.25) is 14.9 Å². The molecule has 1 amide bonds. The van der Waals surface area contributed by atoms with E-state index in [4.69, 9.17) is 5.11 Å². The smallest absolute Gasteiger partial charge is 0.270 e. The van der Waals surface area contributed by atoms with Crippen molar-refractivity contribution in [3.8, 4) is 0 Å². The molecule has 0 saturated carbocycles. The summed E-state index contributed by atoms with van der Waals surface area (Å²) in [6.45, 7) is 1.53. The lowest BCUT2D eigenvalue weighted by Crippen LogP contribution is -2.33. The maximum atomic E-state index is 13.4. The number of benzene rings is 1. The molecule has 0 spiro atoms. The normalized spacial score (nSPS) is 11.9. The van der Waals surface area contributed by atoms with Gasteiger partial charge in [0, 0.05) is 24.8 Å². The third kappa shape index (κ3) is 3.49. The lowest BCUT2D eigenvalue weighted by Gasteiger charge is -2.12. The summed E-state index contributed by atoms with van der Waals surface area (Å²) in [4.78, 5) is 21.5. The molecule has 0 heterocycles. The summed E-state index contributed by atoms with van der Waals surface area (Å²) in [5.41, 5.74) is -0.731. The largest absolute Gasteiger partial charge is 0.396 e. The first-order valence-corrected chi connectivity index (χ1v) is 5.31. The van der Waals surface area contributed by atoms with Gasteiger partial charge in [0.1, 0.15) is 5.82 Å². The number of nitrogens with one attached hydrogen (secondary N) is 1. The van der Waals surface area contributed by atoms with Crippen LogP contribution in [0.5, 0.6) is 0 Å². The number of halogens is 1. The molecule has 0 bridgehead atoms. The molecular formula is C11H13FN2O4. The van der Waals surface area contributed by atoms with Crippen LogP contribution in [0.25, 0.3) is 0 Å². The van der Waals surface area contributed by atoms with Gasteiger partial charge in [0.25, 0.3) is 11.6 Å². The first-order chi connectivity index (χ1) is 8.45. The van der Waals surface area contributed by atoms with E-state index >= 15 is 0 Å². The van der Waals surface area contributed by atoms with Crippen molar-refractivity contribution < 1.29 is 19.2 Å². The zero-order valence-corrected chi connectivity index (χ0v) is 9.72. The first-order valence-electron chi connectivity index (χ1n) is 5.31. The minimum Gasteiger partial charge on any atom is -0.396 e. The lowest BCUT2D eigenvalue weighted by atomic mass is 10.1. The van der Waals surface area contributed by atoms with Crippen LogP contribution in [0.2, 0.25) is 0 Å². The van der Waals surface area contributed by atoms with Crippen LogP contribution in [0.3, 0.4) is 0 Å². The average molecular weight is 256 g/mol. The van der Waals surface area contributed by atoms with Crippen molar-refractivity contribution in [2.45, 2.75) is 19.4 Å². The molecule has 7 heteroatoms. The summed E-state index contributed by atoms with van der Waals surface area (Å²) in [6, 6.07) is 2.41. The summed E-state index contributed by atoms with van der Waals surface area (Å²) < 4.78 is 13.4. The number of aliphatic hydroxyl groups is 1. The van der Waals surface area contributed by atoms with Crippen molar-refractivity contribution in [3.63, 3.8) is 0 Å². The van der Waals surface area contributed by atoms with E-state index in [9.17, 15) is 19.3 Å². The van der Waals surface area contributed by atoms with Gasteiger partial charge in [-0.15, -0.1) is 0 Å². The van der Waals surface area contributed by atoms with E-state index in [0.29, 0.717) is 6.42 Å². The van der Waals surface area contributed by atoms with Gasteiger partial charge >= 0.3 is 0 Å². The minimum absolute atomic E-state index is 0.112. The number of carbonyl (C=O) groups is 1. The van der Waals surface area contributed by atoms with Crippen molar-refractivity contribution in [2.75, 3.05) is 6.61 Å². The van der Waals surface area contributed by atoms with Gasteiger partial charge in [0.05, 0.1) is 10.5 Å². The van der Waals surface area contributed by atoms with E-state index in [-0.39, 0.29) is 23.9 Å². The van der Waals surface area contributed by atoms with Crippen LogP contribution in [-0.4, -0.2) is 28.6 Å². The Balaban J connectivity index is 2.91. The molecule has 0 fully saturated rings. The topological polar surface area (TPSA) is 92.5 Å².